The molecule has 1 N–H and O–H groups in total. The van der Waals surface area contributed by atoms with Crippen molar-refractivity contribution in [3.63, 3.8) is 0 Å². The first-order chi connectivity index (χ1) is 11.7. The second-order valence-electron chi connectivity index (χ2n) is 6.16. The van der Waals surface area contributed by atoms with Crippen LogP contribution in [-0.4, -0.2) is 17.0 Å². The van der Waals surface area contributed by atoms with Crippen molar-refractivity contribution in [2.75, 3.05) is 5.32 Å². The van der Waals surface area contributed by atoms with Crippen molar-refractivity contribution in [1.82, 2.24) is 4.98 Å². The minimum Gasteiger partial charge on any atom is -0.456 e. The van der Waals surface area contributed by atoms with Gasteiger partial charge in [-0.25, -0.2) is 9.78 Å². The molecule has 2 atom stereocenters. The molecule has 0 amide bonds. The van der Waals surface area contributed by atoms with Crippen LogP contribution in [0.15, 0.2) is 60.7 Å². The number of esters is 1. The van der Waals surface area contributed by atoms with Crippen molar-refractivity contribution >= 4 is 22.7 Å². The molecule has 0 radical (unpaired) electrons. The van der Waals surface area contributed by atoms with Crippen molar-refractivity contribution in [2.45, 2.75) is 25.5 Å². The summed E-state index contributed by atoms with van der Waals surface area (Å²) in [5.74, 6) is 0.469. The van der Waals surface area contributed by atoms with Gasteiger partial charge in [0.25, 0.3) is 0 Å². The molecule has 24 heavy (non-hydrogen) atoms. The molecule has 2 unspecified atom stereocenters. The predicted octanol–water partition coefficient (Wildman–Crippen LogP) is 4.01. The number of aromatic nitrogens is 1. The Morgan fingerprint density at radius 2 is 1.96 bits per heavy atom. The van der Waals surface area contributed by atoms with E-state index in [0.717, 1.165) is 22.0 Å². The summed E-state index contributed by atoms with van der Waals surface area (Å²) in [5, 5.41) is 4.29. The Kier molecular flexibility index (Phi) is 3.65. The fraction of sp³-hybridized carbons (Fsp3) is 0.200. The number of carbonyl (C=O) groups is 1. The third kappa shape index (κ3) is 2.83. The van der Waals surface area contributed by atoms with Crippen LogP contribution in [0.25, 0.3) is 10.9 Å². The first-order valence-electron chi connectivity index (χ1n) is 8.08. The zero-order valence-corrected chi connectivity index (χ0v) is 13.4. The molecule has 1 aliphatic rings. The molecule has 0 spiro atoms. The van der Waals surface area contributed by atoms with Crippen molar-refractivity contribution < 1.29 is 9.53 Å². The Bertz CT molecular complexity index is 907. The molecule has 1 aromatic heterocycles. The molecule has 3 aromatic rings. The van der Waals surface area contributed by atoms with Crippen LogP contribution in [0.2, 0.25) is 0 Å². The quantitative estimate of drug-likeness (QED) is 0.741. The van der Waals surface area contributed by atoms with Gasteiger partial charge in [-0.05, 0) is 30.7 Å². The number of nitrogens with zero attached hydrogens (tertiary/aromatic N) is 1. The van der Waals surface area contributed by atoms with E-state index in [9.17, 15) is 4.79 Å². The summed E-state index contributed by atoms with van der Waals surface area (Å²) >= 11 is 0. The van der Waals surface area contributed by atoms with Gasteiger partial charge in [-0.1, -0.05) is 48.0 Å². The zero-order valence-electron chi connectivity index (χ0n) is 13.4. The molecule has 2 aromatic carbocycles. The van der Waals surface area contributed by atoms with Crippen LogP contribution in [0, 0.1) is 6.92 Å². The highest BCUT2D eigenvalue weighted by Crippen LogP contribution is 2.31. The van der Waals surface area contributed by atoms with E-state index in [4.69, 9.17) is 4.74 Å². The number of hydrogen-bond donors (Lipinski definition) is 1. The predicted molar refractivity (Wildman–Crippen MR) is 93.8 cm³/mol. The lowest BCUT2D eigenvalue weighted by Crippen LogP contribution is -2.24. The Hall–Kier alpha value is -2.88. The monoisotopic (exact) mass is 318 g/mol. The molecule has 1 fully saturated rings. The minimum atomic E-state index is -0.371. The number of rotatable bonds is 3. The minimum absolute atomic E-state index is 0.199. The SMILES string of the molecule is Cc1cccc(C2CC(Nc3ccc4ccccc4n3)C(=O)O2)c1. The van der Waals surface area contributed by atoms with E-state index in [2.05, 4.69) is 16.4 Å². The van der Waals surface area contributed by atoms with Gasteiger partial charge in [0.05, 0.1) is 5.52 Å². The molecular weight excluding hydrogens is 300 g/mol. The molecule has 0 bridgehead atoms. The Labute approximate surface area is 140 Å². The van der Waals surface area contributed by atoms with E-state index >= 15 is 0 Å². The van der Waals surface area contributed by atoms with Crippen LogP contribution in [0.3, 0.4) is 0 Å². The molecule has 2 heterocycles. The van der Waals surface area contributed by atoms with E-state index in [1.165, 1.54) is 0 Å². The summed E-state index contributed by atoms with van der Waals surface area (Å²) in [5.41, 5.74) is 3.11. The third-order valence-corrected chi connectivity index (χ3v) is 4.33. The third-order valence-electron chi connectivity index (χ3n) is 4.33. The summed E-state index contributed by atoms with van der Waals surface area (Å²) < 4.78 is 5.55. The Morgan fingerprint density at radius 3 is 2.83 bits per heavy atom. The summed E-state index contributed by atoms with van der Waals surface area (Å²) in [6, 6.07) is 19.5. The van der Waals surface area contributed by atoms with E-state index in [1.54, 1.807) is 0 Å². The maximum absolute atomic E-state index is 12.2. The molecule has 0 saturated carbocycles. The smallest absolute Gasteiger partial charge is 0.329 e. The summed E-state index contributed by atoms with van der Waals surface area (Å²) in [6.07, 6.45) is 0.409. The van der Waals surface area contributed by atoms with E-state index in [1.807, 2.05) is 61.5 Å². The second kappa shape index (κ2) is 5.96. The fourth-order valence-corrected chi connectivity index (χ4v) is 3.10. The highest BCUT2D eigenvalue weighted by molar-refractivity contribution is 5.83. The Morgan fingerprint density at radius 1 is 1.08 bits per heavy atom. The first kappa shape index (κ1) is 14.7. The lowest BCUT2D eigenvalue weighted by molar-refractivity contribution is -0.142. The standard InChI is InChI=1S/C20H18N2O2/c1-13-5-4-7-15(11-13)18-12-17(20(23)24-18)22-19-10-9-14-6-2-3-8-16(14)21-19/h2-11,17-18H,12H2,1H3,(H,21,22). The lowest BCUT2D eigenvalue weighted by Gasteiger charge is -2.11. The van der Waals surface area contributed by atoms with Gasteiger partial charge >= 0.3 is 5.97 Å². The molecule has 1 aliphatic heterocycles. The highest BCUT2D eigenvalue weighted by atomic mass is 16.6. The summed E-state index contributed by atoms with van der Waals surface area (Å²) in [7, 11) is 0. The number of benzene rings is 2. The first-order valence-corrected chi connectivity index (χ1v) is 8.08. The van der Waals surface area contributed by atoms with Crippen LogP contribution in [-0.2, 0) is 9.53 Å². The highest BCUT2D eigenvalue weighted by Gasteiger charge is 2.35. The van der Waals surface area contributed by atoms with Crippen LogP contribution >= 0.6 is 0 Å². The van der Waals surface area contributed by atoms with Crippen LogP contribution < -0.4 is 5.32 Å². The zero-order chi connectivity index (χ0) is 16.5. The molecule has 4 heteroatoms. The molecule has 4 nitrogen and oxygen atoms in total. The number of para-hydroxylation sites is 1. The number of cyclic esters (lactones) is 1. The van der Waals surface area contributed by atoms with Gasteiger partial charge in [0.15, 0.2) is 0 Å². The van der Waals surface area contributed by atoms with Crippen LogP contribution in [0.4, 0.5) is 5.82 Å². The van der Waals surface area contributed by atoms with Gasteiger partial charge in [0.1, 0.15) is 18.0 Å². The maximum atomic E-state index is 12.2. The normalized spacial score (nSPS) is 20.1. The molecule has 0 aliphatic carbocycles. The molecule has 4 rings (SSSR count). The van der Waals surface area contributed by atoms with Crippen molar-refractivity contribution in [3.8, 4) is 0 Å². The number of aryl methyl sites for hydroxylation is 1. The van der Waals surface area contributed by atoms with Crippen molar-refractivity contribution in [2.24, 2.45) is 0 Å². The number of pyridine rings is 1. The van der Waals surface area contributed by atoms with E-state index in [-0.39, 0.29) is 18.1 Å². The number of ether oxygens (including phenoxy) is 1. The Balaban J connectivity index is 1.53. The van der Waals surface area contributed by atoms with Gasteiger partial charge in [-0.15, -0.1) is 0 Å². The number of carbonyl (C=O) groups excluding carboxylic acids is 1. The fourth-order valence-electron chi connectivity index (χ4n) is 3.10. The molecule has 120 valence electrons. The van der Waals surface area contributed by atoms with E-state index in [0.29, 0.717) is 12.2 Å². The van der Waals surface area contributed by atoms with Gasteiger partial charge in [-0.3, -0.25) is 0 Å². The number of fused-ring (bicyclic) bond motifs is 1. The van der Waals surface area contributed by atoms with Gasteiger partial charge in [-0.2, -0.15) is 0 Å². The van der Waals surface area contributed by atoms with Crippen LogP contribution in [0.5, 0.6) is 0 Å². The maximum Gasteiger partial charge on any atom is 0.329 e. The average molecular weight is 318 g/mol. The average Bonchev–Trinajstić information content (AvgIpc) is 2.96. The topological polar surface area (TPSA) is 51.2 Å². The molecule has 1 saturated heterocycles. The van der Waals surface area contributed by atoms with Gasteiger partial charge in [0.2, 0.25) is 0 Å². The second-order valence-corrected chi connectivity index (χ2v) is 6.16. The van der Waals surface area contributed by atoms with Crippen molar-refractivity contribution in [3.05, 3.63) is 71.8 Å². The molecular formula is C20H18N2O2. The van der Waals surface area contributed by atoms with Gasteiger partial charge in [0, 0.05) is 11.8 Å². The number of hydrogen-bond acceptors (Lipinski definition) is 4. The summed E-state index contributed by atoms with van der Waals surface area (Å²) in [6.45, 7) is 2.04. The van der Waals surface area contributed by atoms with Crippen LogP contribution in [0.1, 0.15) is 23.7 Å². The lowest BCUT2D eigenvalue weighted by atomic mass is 10.0. The largest absolute Gasteiger partial charge is 0.456 e. The summed E-state index contributed by atoms with van der Waals surface area (Å²) in [4.78, 5) is 16.8. The number of anilines is 1. The van der Waals surface area contributed by atoms with E-state index < -0.39 is 0 Å². The van der Waals surface area contributed by atoms with Crippen molar-refractivity contribution in [1.29, 1.82) is 0 Å². The van der Waals surface area contributed by atoms with Gasteiger partial charge < -0.3 is 10.1 Å². The number of nitrogens with one attached hydrogen (secondary N) is 1.